The van der Waals surface area contributed by atoms with Crippen molar-refractivity contribution in [3.8, 4) is 11.1 Å². The SMILES string of the molecule is Cc1c(-c2ccc(N(C)C)cc2)ccc2ccccc12. The first-order valence-corrected chi connectivity index (χ1v) is 6.93. The van der Waals surface area contributed by atoms with E-state index in [0.717, 1.165) is 0 Å². The van der Waals surface area contributed by atoms with Gasteiger partial charge in [-0.1, -0.05) is 48.5 Å². The summed E-state index contributed by atoms with van der Waals surface area (Å²) in [5.41, 5.74) is 5.17. The highest BCUT2D eigenvalue weighted by atomic mass is 15.1. The molecule has 0 aliphatic carbocycles. The van der Waals surface area contributed by atoms with Crippen LogP contribution in [0.15, 0.2) is 60.7 Å². The number of hydrogen-bond acceptors (Lipinski definition) is 1. The summed E-state index contributed by atoms with van der Waals surface area (Å²) >= 11 is 0. The van der Waals surface area contributed by atoms with E-state index >= 15 is 0 Å². The van der Waals surface area contributed by atoms with Crippen molar-refractivity contribution in [2.24, 2.45) is 0 Å². The molecule has 0 bridgehead atoms. The lowest BCUT2D eigenvalue weighted by Gasteiger charge is -2.14. The van der Waals surface area contributed by atoms with Crippen LogP contribution in [0.2, 0.25) is 0 Å². The molecule has 0 N–H and O–H groups in total. The van der Waals surface area contributed by atoms with E-state index in [4.69, 9.17) is 0 Å². The van der Waals surface area contributed by atoms with E-state index in [1.165, 1.54) is 33.2 Å². The lowest BCUT2D eigenvalue weighted by atomic mass is 9.95. The lowest BCUT2D eigenvalue weighted by molar-refractivity contribution is 1.13. The Morgan fingerprint density at radius 3 is 2.15 bits per heavy atom. The summed E-state index contributed by atoms with van der Waals surface area (Å²) in [6.07, 6.45) is 0. The molecule has 0 saturated heterocycles. The van der Waals surface area contributed by atoms with Gasteiger partial charge in [-0.3, -0.25) is 0 Å². The monoisotopic (exact) mass is 261 g/mol. The second-order valence-electron chi connectivity index (χ2n) is 5.40. The van der Waals surface area contributed by atoms with Gasteiger partial charge >= 0.3 is 0 Å². The number of fused-ring (bicyclic) bond motifs is 1. The van der Waals surface area contributed by atoms with Gasteiger partial charge < -0.3 is 4.90 Å². The Bertz CT molecular complexity index is 739. The van der Waals surface area contributed by atoms with Crippen LogP contribution in [0, 0.1) is 6.92 Å². The van der Waals surface area contributed by atoms with Gasteiger partial charge in [0.2, 0.25) is 0 Å². The zero-order valence-corrected chi connectivity index (χ0v) is 12.2. The van der Waals surface area contributed by atoms with Gasteiger partial charge in [-0.25, -0.2) is 0 Å². The van der Waals surface area contributed by atoms with E-state index in [-0.39, 0.29) is 0 Å². The van der Waals surface area contributed by atoms with Gasteiger partial charge in [-0.05, 0) is 46.5 Å². The average molecular weight is 261 g/mol. The Hall–Kier alpha value is -2.28. The third-order valence-corrected chi connectivity index (χ3v) is 3.89. The number of aryl methyl sites for hydroxylation is 1. The highest BCUT2D eigenvalue weighted by Gasteiger charge is 2.05. The molecule has 1 nitrogen and oxygen atoms in total. The molecule has 0 aromatic heterocycles. The van der Waals surface area contributed by atoms with E-state index in [1.54, 1.807) is 0 Å². The van der Waals surface area contributed by atoms with Gasteiger partial charge in [0.25, 0.3) is 0 Å². The number of benzene rings is 3. The van der Waals surface area contributed by atoms with Crippen molar-refractivity contribution in [3.63, 3.8) is 0 Å². The fraction of sp³-hybridized carbons (Fsp3) is 0.158. The van der Waals surface area contributed by atoms with Crippen molar-refractivity contribution in [3.05, 3.63) is 66.2 Å². The molecule has 0 saturated carbocycles. The molecule has 1 heteroatoms. The molecule has 3 rings (SSSR count). The van der Waals surface area contributed by atoms with Crippen LogP contribution < -0.4 is 4.90 Å². The number of hydrogen-bond donors (Lipinski definition) is 0. The molecule has 0 heterocycles. The summed E-state index contributed by atoms with van der Waals surface area (Å²) in [6, 6.07) is 21.7. The van der Waals surface area contributed by atoms with E-state index in [2.05, 4.69) is 86.6 Å². The first-order valence-electron chi connectivity index (χ1n) is 6.93. The van der Waals surface area contributed by atoms with Crippen LogP contribution >= 0.6 is 0 Å². The predicted molar refractivity (Wildman–Crippen MR) is 88.4 cm³/mol. The van der Waals surface area contributed by atoms with Gasteiger partial charge in [0, 0.05) is 19.8 Å². The minimum absolute atomic E-state index is 1.23. The maximum absolute atomic E-state index is 2.22. The lowest BCUT2D eigenvalue weighted by Crippen LogP contribution is -2.07. The van der Waals surface area contributed by atoms with Crippen LogP contribution in [0.4, 0.5) is 5.69 Å². The standard InChI is InChI=1S/C19H19N/c1-14-18-7-5-4-6-15(18)10-13-19(14)16-8-11-17(12-9-16)20(2)3/h4-13H,1-3H3. The maximum Gasteiger partial charge on any atom is 0.0361 e. The Morgan fingerprint density at radius 2 is 1.45 bits per heavy atom. The summed E-state index contributed by atoms with van der Waals surface area (Å²) in [4.78, 5) is 2.12. The summed E-state index contributed by atoms with van der Waals surface area (Å²) < 4.78 is 0. The molecule has 0 fully saturated rings. The largest absolute Gasteiger partial charge is 0.378 e. The molecule has 0 aliphatic rings. The Labute approximate surface area is 120 Å². The van der Waals surface area contributed by atoms with Crippen LogP contribution in [-0.4, -0.2) is 14.1 Å². The quantitative estimate of drug-likeness (QED) is 0.635. The van der Waals surface area contributed by atoms with Gasteiger partial charge in [-0.2, -0.15) is 0 Å². The van der Waals surface area contributed by atoms with Gasteiger partial charge in [0.1, 0.15) is 0 Å². The maximum atomic E-state index is 2.22. The second-order valence-corrected chi connectivity index (χ2v) is 5.40. The van der Waals surface area contributed by atoms with Crippen molar-refractivity contribution in [1.29, 1.82) is 0 Å². The Kier molecular flexibility index (Phi) is 3.19. The minimum atomic E-state index is 1.23. The van der Waals surface area contributed by atoms with E-state index in [1.807, 2.05) is 0 Å². The van der Waals surface area contributed by atoms with Gasteiger partial charge in [-0.15, -0.1) is 0 Å². The molecule has 0 unspecified atom stereocenters. The van der Waals surface area contributed by atoms with Crippen molar-refractivity contribution < 1.29 is 0 Å². The van der Waals surface area contributed by atoms with E-state index in [9.17, 15) is 0 Å². The van der Waals surface area contributed by atoms with Crippen LogP contribution in [-0.2, 0) is 0 Å². The molecular formula is C19H19N. The van der Waals surface area contributed by atoms with E-state index < -0.39 is 0 Å². The van der Waals surface area contributed by atoms with Crippen molar-refractivity contribution >= 4 is 16.5 Å². The van der Waals surface area contributed by atoms with Crippen LogP contribution in [0.5, 0.6) is 0 Å². The third-order valence-electron chi connectivity index (χ3n) is 3.89. The van der Waals surface area contributed by atoms with Gasteiger partial charge in [0.15, 0.2) is 0 Å². The molecule has 0 amide bonds. The molecule has 20 heavy (non-hydrogen) atoms. The summed E-state index contributed by atoms with van der Waals surface area (Å²) in [7, 11) is 4.13. The smallest absolute Gasteiger partial charge is 0.0361 e. The minimum Gasteiger partial charge on any atom is -0.378 e. The summed E-state index contributed by atoms with van der Waals surface area (Å²) in [5.74, 6) is 0. The molecule has 0 spiro atoms. The fourth-order valence-corrected chi connectivity index (χ4v) is 2.68. The molecule has 0 aliphatic heterocycles. The van der Waals surface area contributed by atoms with Crippen LogP contribution in [0.3, 0.4) is 0 Å². The molecule has 3 aromatic rings. The predicted octanol–water partition coefficient (Wildman–Crippen LogP) is 4.88. The molecule has 0 atom stereocenters. The average Bonchev–Trinajstić information content (AvgIpc) is 2.48. The fourth-order valence-electron chi connectivity index (χ4n) is 2.68. The number of nitrogens with zero attached hydrogens (tertiary/aromatic N) is 1. The zero-order chi connectivity index (χ0) is 14.1. The third kappa shape index (κ3) is 2.16. The topological polar surface area (TPSA) is 3.24 Å². The number of anilines is 1. The van der Waals surface area contributed by atoms with Gasteiger partial charge in [0.05, 0.1) is 0 Å². The Morgan fingerprint density at radius 1 is 0.750 bits per heavy atom. The molecule has 100 valence electrons. The van der Waals surface area contributed by atoms with Crippen molar-refractivity contribution in [2.75, 3.05) is 19.0 Å². The molecule has 0 radical (unpaired) electrons. The normalized spacial score (nSPS) is 10.8. The van der Waals surface area contributed by atoms with E-state index in [0.29, 0.717) is 0 Å². The zero-order valence-electron chi connectivity index (χ0n) is 12.2. The highest BCUT2D eigenvalue weighted by Crippen LogP contribution is 2.30. The summed E-state index contributed by atoms with van der Waals surface area (Å²) in [6.45, 7) is 2.21. The summed E-state index contributed by atoms with van der Waals surface area (Å²) in [5, 5.41) is 2.64. The highest BCUT2D eigenvalue weighted by molar-refractivity contribution is 5.91. The number of rotatable bonds is 2. The van der Waals surface area contributed by atoms with Crippen molar-refractivity contribution in [2.45, 2.75) is 6.92 Å². The first kappa shape index (κ1) is 12.7. The molecular weight excluding hydrogens is 242 g/mol. The Balaban J connectivity index is 2.12. The van der Waals surface area contributed by atoms with Crippen LogP contribution in [0.1, 0.15) is 5.56 Å². The van der Waals surface area contributed by atoms with Crippen molar-refractivity contribution in [1.82, 2.24) is 0 Å². The molecule has 3 aromatic carbocycles. The van der Waals surface area contributed by atoms with Crippen LogP contribution in [0.25, 0.3) is 21.9 Å². The second kappa shape index (κ2) is 5.01. The first-order chi connectivity index (χ1) is 9.66.